The van der Waals surface area contributed by atoms with E-state index < -0.39 is 29.7 Å². The van der Waals surface area contributed by atoms with Crippen LogP contribution in [-0.2, 0) is 14.3 Å². The molecule has 0 bridgehead atoms. The number of amides is 3. The lowest BCUT2D eigenvalue weighted by Crippen LogP contribution is -2.56. The number of hydrogen-bond acceptors (Lipinski definition) is 4. The van der Waals surface area contributed by atoms with E-state index in [1.54, 1.807) is 31.7 Å². The summed E-state index contributed by atoms with van der Waals surface area (Å²) in [4.78, 5) is 42.4. The lowest BCUT2D eigenvalue weighted by Gasteiger charge is -2.38. The van der Waals surface area contributed by atoms with Crippen molar-refractivity contribution in [2.75, 3.05) is 5.32 Å². The molecule has 0 radical (unpaired) electrons. The lowest BCUT2D eigenvalue weighted by atomic mass is 9.94. The molecule has 7 nitrogen and oxygen atoms in total. The molecule has 2 N–H and O–H groups in total. The molecule has 0 fully saturated rings. The van der Waals surface area contributed by atoms with Gasteiger partial charge in [0.25, 0.3) is 5.91 Å². The molecule has 3 amide bonds. The van der Waals surface area contributed by atoms with Crippen LogP contribution >= 0.6 is 11.6 Å². The fourth-order valence-electron chi connectivity index (χ4n) is 4.32. The van der Waals surface area contributed by atoms with Crippen molar-refractivity contribution in [3.63, 3.8) is 0 Å². The van der Waals surface area contributed by atoms with Gasteiger partial charge in [-0.05, 0) is 84.1 Å². The molecule has 8 heteroatoms. The van der Waals surface area contributed by atoms with Gasteiger partial charge < -0.3 is 20.3 Å². The maximum absolute atomic E-state index is 14.2. The zero-order valence-corrected chi connectivity index (χ0v) is 25.0. The number of nitrogens with one attached hydrogen (secondary N) is 2. The fraction of sp³-hybridized carbons (Fsp3) is 0.500. The summed E-state index contributed by atoms with van der Waals surface area (Å²) in [6, 6.07) is 8.92. The van der Waals surface area contributed by atoms with Crippen molar-refractivity contribution in [3.05, 3.63) is 63.7 Å². The third-order valence-electron chi connectivity index (χ3n) is 6.13. The van der Waals surface area contributed by atoms with Crippen molar-refractivity contribution < 1.29 is 19.1 Å². The molecule has 0 aliphatic carbocycles. The summed E-state index contributed by atoms with van der Waals surface area (Å²) < 4.78 is 5.42. The average molecular weight is 544 g/mol. The van der Waals surface area contributed by atoms with Crippen LogP contribution in [0, 0.1) is 26.7 Å². The van der Waals surface area contributed by atoms with Crippen molar-refractivity contribution >= 4 is 35.2 Å². The average Bonchev–Trinajstić information content (AvgIpc) is 2.76. The largest absolute Gasteiger partial charge is 0.444 e. The highest BCUT2D eigenvalue weighted by Crippen LogP contribution is 2.32. The van der Waals surface area contributed by atoms with Gasteiger partial charge in [0.15, 0.2) is 0 Å². The number of halogens is 1. The van der Waals surface area contributed by atoms with E-state index in [-0.39, 0.29) is 17.9 Å². The molecule has 0 heterocycles. The van der Waals surface area contributed by atoms with Gasteiger partial charge in [0.2, 0.25) is 5.91 Å². The van der Waals surface area contributed by atoms with Crippen LogP contribution in [0.2, 0.25) is 5.02 Å². The zero-order valence-electron chi connectivity index (χ0n) is 24.2. The van der Waals surface area contributed by atoms with E-state index in [0.29, 0.717) is 16.3 Å². The number of rotatable bonds is 8. The van der Waals surface area contributed by atoms with Gasteiger partial charge in [0.1, 0.15) is 17.7 Å². The normalized spacial score (nSPS) is 13.2. The lowest BCUT2D eigenvalue weighted by molar-refractivity contribution is -0.143. The Bertz CT molecular complexity index is 1150. The number of ether oxygens (including phenoxy) is 1. The summed E-state index contributed by atoms with van der Waals surface area (Å²) in [5, 5.41) is 6.12. The first-order valence-electron chi connectivity index (χ1n) is 13.0. The monoisotopic (exact) mass is 543 g/mol. The molecule has 2 atom stereocenters. The number of benzene rings is 2. The zero-order chi connectivity index (χ0) is 28.9. The maximum Gasteiger partial charge on any atom is 0.408 e. The van der Waals surface area contributed by atoms with Crippen LogP contribution in [0.4, 0.5) is 10.5 Å². The van der Waals surface area contributed by atoms with Gasteiger partial charge >= 0.3 is 6.09 Å². The molecule has 2 rings (SSSR count). The Hall–Kier alpha value is -3.06. The highest BCUT2D eigenvalue weighted by Gasteiger charge is 2.39. The Balaban J connectivity index is 2.60. The van der Waals surface area contributed by atoms with E-state index in [1.165, 1.54) is 0 Å². The summed E-state index contributed by atoms with van der Waals surface area (Å²) in [6.45, 7) is 18.4. The third kappa shape index (κ3) is 7.97. The number of alkyl carbamates (subject to hydrolysis) is 1. The molecule has 2 unspecified atom stereocenters. The molecule has 0 aliphatic heterocycles. The molecule has 2 aromatic rings. The smallest absolute Gasteiger partial charge is 0.408 e. The maximum atomic E-state index is 14.2. The number of carbonyl (C=O) groups is 3. The predicted molar refractivity (Wildman–Crippen MR) is 153 cm³/mol. The Labute approximate surface area is 232 Å². The second-order valence-corrected chi connectivity index (χ2v) is 11.8. The Morgan fingerprint density at radius 3 is 2.08 bits per heavy atom. The molecular formula is C30H42ClN3O4. The number of aryl methyl sites for hydroxylation is 3. The molecule has 208 valence electrons. The van der Waals surface area contributed by atoms with Gasteiger partial charge in [0, 0.05) is 6.04 Å². The highest BCUT2D eigenvalue weighted by atomic mass is 35.5. The summed E-state index contributed by atoms with van der Waals surface area (Å²) in [5.74, 6) is -1.03. The van der Waals surface area contributed by atoms with E-state index in [0.717, 1.165) is 16.7 Å². The molecule has 0 saturated carbocycles. The number of anilines is 1. The van der Waals surface area contributed by atoms with Crippen molar-refractivity contribution in [1.29, 1.82) is 0 Å². The number of nitrogens with zero attached hydrogens (tertiary/aromatic N) is 1. The van der Waals surface area contributed by atoms with Crippen LogP contribution in [0.25, 0.3) is 0 Å². The first-order chi connectivity index (χ1) is 17.5. The van der Waals surface area contributed by atoms with E-state index >= 15 is 0 Å². The highest BCUT2D eigenvalue weighted by molar-refractivity contribution is 6.34. The molecule has 0 spiro atoms. The van der Waals surface area contributed by atoms with Gasteiger partial charge in [-0.25, -0.2) is 4.79 Å². The van der Waals surface area contributed by atoms with Gasteiger partial charge in [0.05, 0.1) is 10.7 Å². The van der Waals surface area contributed by atoms with Gasteiger partial charge in [-0.15, -0.1) is 0 Å². The summed E-state index contributed by atoms with van der Waals surface area (Å²) in [6.07, 6.45) is -0.688. The summed E-state index contributed by atoms with van der Waals surface area (Å²) in [5.41, 5.74) is 3.19. The summed E-state index contributed by atoms with van der Waals surface area (Å²) in [7, 11) is 0. The Kier molecular flexibility index (Phi) is 10.4. The van der Waals surface area contributed by atoms with Crippen molar-refractivity contribution in [1.82, 2.24) is 10.2 Å². The quantitative estimate of drug-likeness (QED) is 0.386. The molecule has 0 aliphatic rings. The summed E-state index contributed by atoms with van der Waals surface area (Å²) >= 11 is 6.43. The van der Waals surface area contributed by atoms with Gasteiger partial charge in [-0.2, -0.15) is 0 Å². The molecule has 0 aromatic heterocycles. The molecular weight excluding hydrogens is 502 g/mol. The van der Waals surface area contributed by atoms with Crippen LogP contribution in [0.5, 0.6) is 0 Å². The molecule has 0 saturated heterocycles. The van der Waals surface area contributed by atoms with Crippen LogP contribution < -0.4 is 10.6 Å². The van der Waals surface area contributed by atoms with Crippen molar-refractivity contribution in [3.8, 4) is 0 Å². The molecule has 38 heavy (non-hydrogen) atoms. The number of para-hydroxylation sites is 1. The van der Waals surface area contributed by atoms with Gasteiger partial charge in [-0.1, -0.05) is 61.3 Å². The minimum Gasteiger partial charge on any atom is -0.444 e. The molecule has 2 aromatic carbocycles. The van der Waals surface area contributed by atoms with Crippen LogP contribution in [0.3, 0.4) is 0 Å². The first kappa shape index (κ1) is 31.2. The first-order valence-corrected chi connectivity index (χ1v) is 13.4. The van der Waals surface area contributed by atoms with Crippen LogP contribution in [0.1, 0.15) is 76.8 Å². The fourth-order valence-corrected chi connectivity index (χ4v) is 4.59. The third-order valence-corrected chi connectivity index (χ3v) is 6.45. The minimum absolute atomic E-state index is 0.259. The van der Waals surface area contributed by atoms with Crippen molar-refractivity contribution in [2.24, 2.45) is 5.92 Å². The standard InChI is InChI=1S/C30H42ClN3O4/c1-17(2)24(33-29(37)38-30(8,9)10)28(36)34(18(3)4)26(22-15-14-19(5)16-21(22)7)27(35)32-25-20(6)12-11-13-23(25)31/h11-18,24,26H,1-10H3,(H,32,35)(H,33,37). The van der Waals surface area contributed by atoms with Crippen LogP contribution in [0.15, 0.2) is 36.4 Å². The Morgan fingerprint density at radius 2 is 1.58 bits per heavy atom. The van der Waals surface area contributed by atoms with E-state index in [9.17, 15) is 14.4 Å². The number of carbonyl (C=O) groups excluding carboxylic acids is 3. The SMILES string of the molecule is Cc1ccc(C(C(=O)Nc2c(C)cccc2Cl)N(C(=O)C(NC(=O)OC(C)(C)C)C(C)C)C(C)C)c(C)c1. The predicted octanol–water partition coefficient (Wildman–Crippen LogP) is 6.73. The van der Waals surface area contributed by atoms with Crippen LogP contribution in [-0.4, -0.2) is 40.5 Å². The van der Waals surface area contributed by atoms with Gasteiger partial charge in [-0.3, -0.25) is 9.59 Å². The van der Waals surface area contributed by atoms with Crippen molar-refractivity contribution in [2.45, 2.75) is 93.0 Å². The van der Waals surface area contributed by atoms with E-state index in [2.05, 4.69) is 10.6 Å². The minimum atomic E-state index is -0.972. The second-order valence-electron chi connectivity index (χ2n) is 11.4. The number of hydrogen-bond donors (Lipinski definition) is 2. The second kappa shape index (κ2) is 12.7. The van der Waals surface area contributed by atoms with E-state index in [1.807, 2.05) is 78.8 Å². The Morgan fingerprint density at radius 1 is 0.947 bits per heavy atom. The topological polar surface area (TPSA) is 87.7 Å². The van der Waals surface area contributed by atoms with E-state index in [4.69, 9.17) is 16.3 Å².